The molecule has 1 saturated heterocycles. The largest absolute Gasteiger partial charge is 0.327 e. The first kappa shape index (κ1) is 11.4. The normalized spacial score (nSPS) is 17.4. The lowest BCUT2D eigenvalue weighted by atomic mass is 10.2. The van der Waals surface area contributed by atoms with Gasteiger partial charge in [0.15, 0.2) is 0 Å². The fourth-order valence-electron chi connectivity index (χ4n) is 1.92. The Morgan fingerprint density at radius 1 is 1.12 bits per heavy atom. The van der Waals surface area contributed by atoms with Crippen LogP contribution in [0, 0.1) is 0 Å². The Bertz CT molecular complexity index is 347. The fourth-order valence-corrected chi connectivity index (χ4v) is 2.09. The quantitative estimate of drug-likeness (QED) is 0.581. The number of hydrogen-bond donors (Lipinski definition) is 0. The van der Waals surface area contributed by atoms with Crippen molar-refractivity contribution in [2.24, 2.45) is 0 Å². The molecular weight excluding hydrogens is 223 g/mol. The maximum Gasteiger partial charge on any atom is 0.316 e. The van der Waals surface area contributed by atoms with Crippen LogP contribution in [0.4, 0.5) is 4.79 Å². The van der Waals surface area contributed by atoms with Crippen molar-refractivity contribution in [3.05, 3.63) is 35.9 Å². The number of benzene rings is 1. The van der Waals surface area contributed by atoms with E-state index in [-0.39, 0.29) is 5.37 Å². The van der Waals surface area contributed by atoms with Gasteiger partial charge in [-0.1, -0.05) is 30.3 Å². The molecule has 1 amide bonds. The van der Waals surface area contributed by atoms with Crippen LogP contribution in [0.15, 0.2) is 30.3 Å². The molecular formula is C12H15ClN2O. The summed E-state index contributed by atoms with van der Waals surface area (Å²) in [5.74, 6) is 0. The molecule has 3 nitrogen and oxygen atoms in total. The molecule has 0 aliphatic carbocycles. The van der Waals surface area contributed by atoms with Crippen molar-refractivity contribution in [2.45, 2.75) is 6.54 Å². The molecule has 0 spiro atoms. The molecule has 16 heavy (non-hydrogen) atoms. The highest BCUT2D eigenvalue weighted by Gasteiger charge is 2.19. The number of carbonyl (C=O) groups is 1. The van der Waals surface area contributed by atoms with Gasteiger partial charge in [-0.3, -0.25) is 9.69 Å². The van der Waals surface area contributed by atoms with Gasteiger partial charge in [0.25, 0.3) is 0 Å². The SMILES string of the molecule is O=[11C](Cl)N1CCN(Cc2ccccc2)CC1. The van der Waals surface area contributed by atoms with Gasteiger partial charge in [0.2, 0.25) is 0 Å². The average Bonchev–Trinajstić information content (AvgIpc) is 2.31. The van der Waals surface area contributed by atoms with Gasteiger partial charge < -0.3 is 4.90 Å². The van der Waals surface area contributed by atoms with E-state index in [4.69, 9.17) is 11.6 Å². The van der Waals surface area contributed by atoms with Gasteiger partial charge in [0, 0.05) is 32.7 Å². The average molecular weight is 238 g/mol. The zero-order valence-corrected chi connectivity index (χ0v) is 9.86. The van der Waals surface area contributed by atoms with Crippen molar-refractivity contribution >= 4 is 17.0 Å². The second-order valence-corrected chi connectivity index (χ2v) is 4.33. The van der Waals surface area contributed by atoms with Crippen LogP contribution < -0.4 is 0 Å². The summed E-state index contributed by atoms with van der Waals surface area (Å²) in [7, 11) is 0. The van der Waals surface area contributed by atoms with Crippen molar-refractivity contribution in [3.63, 3.8) is 0 Å². The summed E-state index contributed by atoms with van der Waals surface area (Å²) in [6, 6.07) is 10.4. The third kappa shape index (κ3) is 2.97. The van der Waals surface area contributed by atoms with Gasteiger partial charge in [0.1, 0.15) is 0 Å². The molecule has 1 heterocycles. The maximum absolute atomic E-state index is 10.9. The molecule has 0 saturated carbocycles. The lowest BCUT2D eigenvalue weighted by molar-refractivity contribution is 0.148. The van der Waals surface area contributed by atoms with Gasteiger partial charge >= 0.3 is 5.37 Å². The minimum Gasteiger partial charge on any atom is -0.327 e. The van der Waals surface area contributed by atoms with Crippen LogP contribution in [0.1, 0.15) is 5.56 Å². The molecule has 0 radical (unpaired) electrons. The van der Waals surface area contributed by atoms with E-state index in [0.717, 1.165) is 32.7 Å². The number of rotatable bonds is 2. The van der Waals surface area contributed by atoms with E-state index in [1.807, 2.05) is 18.2 Å². The van der Waals surface area contributed by atoms with E-state index in [1.165, 1.54) is 5.56 Å². The first-order valence-corrected chi connectivity index (χ1v) is 5.84. The van der Waals surface area contributed by atoms with Crippen molar-refractivity contribution < 1.29 is 4.79 Å². The fraction of sp³-hybridized carbons (Fsp3) is 0.417. The van der Waals surface area contributed by atoms with E-state index in [0.29, 0.717) is 0 Å². The lowest BCUT2D eigenvalue weighted by Gasteiger charge is -2.33. The van der Waals surface area contributed by atoms with Crippen LogP contribution in [0.2, 0.25) is 0 Å². The first-order valence-electron chi connectivity index (χ1n) is 5.46. The van der Waals surface area contributed by atoms with E-state index in [9.17, 15) is 4.79 Å². The topological polar surface area (TPSA) is 23.6 Å². The van der Waals surface area contributed by atoms with Crippen LogP contribution in [0.25, 0.3) is 0 Å². The van der Waals surface area contributed by atoms with E-state index in [2.05, 4.69) is 17.0 Å². The summed E-state index contributed by atoms with van der Waals surface area (Å²) in [6.07, 6.45) is 0. The molecule has 2 rings (SSSR count). The maximum atomic E-state index is 10.9. The van der Waals surface area contributed by atoms with Gasteiger partial charge in [-0.2, -0.15) is 0 Å². The van der Waals surface area contributed by atoms with E-state index in [1.54, 1.807) is 4.90 Å². The molecule has 4 heteroatoms. The number of hydrogen-bond acceptors (Lipinski definition) is 2. The molecule has 1 aromatic rings. The molecule has 0 bridgehead atoms. The molecule has 0 N–H and O–H groups in total. The van der Waals surface area contributed by atoms with Gasteiger partial charge in [0.05, 0.1) is 0 Å². The van der Waals surface area contributed by atoms with E-state index >= 15 is 0 Å². The molecule has 1 aliphatic rings. The monoisotopic (exact) mass is 237 g/mol. The Morgan fingerprint density at radius 2 is 1.75 bits per heavy atom. The summed E-state index contributed by atoms with van der Waals surface area (Å²) >= 11 is 5.43. The second kappa shape index (κ2) is 5.32. The van der Waals surface area contributed by atoms with Crippen LogP contribution in [-0.4, -0.2) is 41.3 Å². The van der Waals surface area contributed by atoms with Gasteiger partial charge in [-0.15, -0.1) is 0 Å². The molecule has 0 unspecified atom stereocenters. The summed E-state index contributed by atoms with van der Waals surface area (Å²) in [4.78, 5) is 15.0. The third-order valence-corrected chi connectivity index (χ3v) is 3.11. The minimum absolute atomic E-state index is 0.334. The van der Waals surface area contributed by atoms with Crippen molar-refractivity contribution in [2.75, 3.05) is 26.2 Å². The van der Waals surface area contributed by atoms with Gasteiger partial charge in [-0.05, 0) is 17.2 Å². The number of amides is 1. The molecule has 1 aliphatic heterocycles. The highest BCUT2D eigenvalue weighted by molar-refractivity contribution is 6.62. The Labute approximate surface area is 101 Å². The number of piperazine rings is 1. The smallest absolute Gasteiger partial charge is 0.316 e. The third-order valence-electron chi connectivity index (χ3n) is 2.87. The van der Waals surface area contributed by atoms with Crippen LogP contribution in [0.3, 0.4) is 0 Å². The van der Waals surface area contributed by atoms with Crippen molar-refractivity contribution in [1.29, 1.82) is 0 Å². The Hall–Kier alpha value is -1.06. The highest BCUT2D eigenvalue weighted by atomic mass is 35.5. The zero-order valence-electron chi connectivity index (χ0n) is 9.10. The van der Waals surface area contributed by atoms with Crippen LogP contribution in [0.5, 0.6) is 0 Å². The molecule has 86 valence electrons. The number of nitrogens with zero attached hydrogens (tertiary/aromatic N) is 2. The van der Waals surface area contributed by atoms with E-state index < -0.39 is 0 Å². The predicted molar refractivity (Wildman–Crippen MR) is 64.5 cm³/mol. The Kier molecular flexibility index (Phi) is 3.80. The molecule has 0 aromatic heterocycles. The first-order chi connectivity index (χ1) is 7.75. The second-order valence-electron chi connectivity index (χ2n) is 4.00. The molecule has 1 fully saturated rings. The molecule has 1 aromatic carbocycles. The summed E-state index contributed by atoms with van der Waals surface area (Å²) < 4.78 is 0. The predicted octanol–water partition coefficient (Wildman–Crippen LogP) is 2.16. The summed E-state index contributed by atoms with van der Waals surface area (Å²) in [5.41, 5.74) is 1.31. The Morgan fingerprint density at radius 3 is 2.31 bits per heavy atom. The van der Waals surface area contributed by atoms with Crippen LogP contribution in [-0.2, 0) is 6.54 Å². The van der Waals surface area contributed by atoms with Gasteiger partial charge in [-0.25, -0.2) is 0 Å². The summed E-state index contributed by atoms with van der Waals surface area (Å²) in [6.45, 7) is 4.20. The Balaban J connectivity index is 1.84. The number of carbonyl (C=O) groups excluding carboxylic acids is 1. The highest BCUT2D eigenvalue weighted by Crippen LogP contribution is 2.09. The van der Waals surface area contributed by atoms with Crippen molar-refractivity contribution in [3.8, 4) is 0 Å². The molecule has 0 atom stereocenters. The van der Waals surface area contributed by atoms with Crippen molar-refractivity contribution in [1.82, 2.24) is 9.80 Å². The zero-order chi connectivity index (χ0) is 11.4. The summed E-state index contributed by atoms with van der Waals surface area (Å²) in [5, 5.41) is -0.334. The lowest BCUT2D eigenvalue weighted by Crippen LogP contribution is -2.46. The standard InChI is InChI=1S/C12H15ClN2O/c13-12(16)15-8-6-14(7-9-15)10-11-4-2-1-3-5-11/h1-5H,6-10H2/i12-1. The minimum atomic E-state index is -0.334. The van der Waals surface area contributed by atoms with Crippen LogP contribution >= 0.6 is 11.6 Å². The number of halogens is 1.